The number of nitrogens with one attached hydrogen (secondary N) is 1. The van der Waals surface area contributed by atoms with Crippen LogP contribution in [0.4, 0.5) is 18.9 Å². The largest absolute Gasteiger partial charge is 0.452 e. The normalized spacial score (nSPS) is 22.2. The van der Waals surface area contributed by atoms with E-state index in [1.165, 1.54) is 12.1 Å². The lowest BCUT2D eigenvalue weighted by atomic mass is 9.88. The summed E-state index contributed by atoms with van der Waals surface area (Å²) >= 11 is 0. The smallest absolute Gasteiger partial charge is 0.431 e. The van der Waals surface area contributed by atoms with E-state index in [4.69, 9.17) is 4.42 Å². The summed E-state index contributed by atoms with van der Waals surface area (Å²) in [5.41, 5.74) is 0.782. The topological polar surface area (TPSA) is 116 Å². The summed E-state index contributed by atoms with van der Waals surface area (Å²) in [6.07, 6.45) is -4.60. The predicted molar refractivity (Wildman–Crippen MR) is 135 cm³/mol. The molecule has 1 saturated heterocycles. The second kappa shape index (κ2) is 10.8. The van der Waals surface area contributed by atoms with E-state index in [0.717, 1.165) is 18.4 Å². The first-order chi connectivity index (χ1) is 18.6. The van der Waals surface area contributed by atoms with Crippen LogP contribution in [0.3, 0.4) is 0 Å². The molecule has 3 atom stereocenters. The van der Waals surface area contributed by atoms with Crippen LogP contribution in [0.5, 0.6) is 0 Å². The molecule has 0 bridgehead atoms. The molecule has 2 aromatic carbocycles. The number of aliphatic hydroxyl groups excluding tert-OH is 2. The van der Waals surface area contributed by atoms with Crippen LogP contribution < -0.4 is 5.32 Å². The number of hydrogen-bond donors (Lipinski definition) is 3. The molecule has 1 saturated carbocycles. The van der Waals surface area contributed by atoms with Crippen molar-refractivity contribution in [3.8, 4) is 11.5 Å². The molecule has 2 amide bonds. The molecule has 5 rings (SSSR count). The number of hydrogen-bond acceptors (Lipinski definition) is 6. The van der Waals surface area contributed by atoms with Crippen molar-refractivity contribution < 1.29 is 37.4 Å². The number of piperidine rings is 1. The van der Waals surface area contributed by atoms with Gasteiger partial charge in [0, 0.05) is 30.3 Å². The number of carbonyl (C=O) groups is 2. The number of carbonyl (C=O) groups excluding carboxylic acids is 2. The van der Waals surface area contributed by atoms with Gasteiger partial charge in [-0.1, -0.05) is 30.3 Å². The molecule has 3 N–H and O–H groups in total. The highest BCUT2D eigenvalue weighted by atomic mass is 19.4. The first kappa shape index (κ1) is 26.9. The number of nitrogens with zero attached hydrogens (tertiary/aromatic N) is 2. The minimum Gasteiger partial charge on any atom is -0.431 e. The van der Waals surface area contributed by atoms with Crippen LogP contribution in [0.2, 0.25) is 0 Å². The zero-order valence-electron chi connectivity index (χ0n) is 20.9. The van der Waals surface area contributed by atoms with Crippen LogP contribution in [0, 0.1) is 5.92 Å². The molecule has 1 aliphatic heterocycles. The number of rotatable bonds is 5. The Morgan fingerprint density at radius 2 is 1.56 bits per heavy atom. The summed E-state index contributed by atoms with van der Waals surface area (Å²) in [6.45, 7) is 1.11. The Kier molecular flexibility index (Phi) is 7.46. The monoisotopic (exact) mass is 543 g/mol. The van der Waals surface area contributed by atoms with Gasteiger partial charge in [0.05, 0.1) is 12.2 Å². The van der Waals surface area contributed by atoms with Gasteiger partial charge in [-0.2, -0.15) is 13.2 Å². The second-order valence-corrected chi connectivity index (χ2v) is 10.0. The molecule has 0 radical (unpaired) electrons. The Bertz CT molecular complexity index is 1310. The average molecular weight is 544 g/mol. The number of halogens is 3. The lowest BCUT2D eigenvalue weighted by molar-refractivity contribution is -0.153. The maximum atomic E-state index is 13.6. The Balaban J connectivity index is 1.21. The van der Waals surface area contributed by atoms with E-state index in [1.54, 1.807) is 35.2 Å². The number of likely N-dealkylation sites (tertiary alicyclic amines) is 1. The van der Waals surface area contributed by atoms with Gasteiger partial charge in [0.25, 0.3) is 5.91 Å². The summed E-state index contributed by atoms with van der Waals surface area (Å²) in [4.78, 5) is 31.1. The van der Waals surface area contributed by atoms with Crippen LogP contribution in [-0.2, 0) is 11.0 Å². The summed E-state index contributed by atoms with van der Waals surface area (Å²) in [5, 5.41) is 22.0. The van der Waals surface area contributed by atoms with Gasteiger partial charge in [-0.15, -0.1) is 0 Å². The zero-order valence-corrected chi connectivity index (χ0v) is 20.9. The van der Waals surface area contributed by atoms with Gasteiger partial charge in [-0.3, -0.25) is 9.59 Å². The Hall–Kier alpha value is -3.70. The summed E-state index contributed by atoms with van der Waals surface area (Å²) in [6, 6.07) is 14.9. The van der Waals surface area contributed by atoms with Gasteiger partial charge in [-0.05, 0) is 61.4 Å². The van der Waals surface area contributed by atoms with Crippen molar-refractivity contribution in [1.82, 2.24) is 9.88 Å². The minimum atomic E-state index is -4.90. The first-order valence-electron chi connectivity index (χ1n) is 12.8. The molecular weight excluding hydrogens is 515 g/mol. The molecule has 2 heterocycles. The van der Waals surface area contributed by atoms with Gasteiger partial charge in [0.2, 0.25) is 17.6 Å². The third kappa shape index (κ3) is 5.84. The Morgan fingerprint density at radius 1 is 0.949 bits per heavy atom. The lowest BCUT2D eigenvalue weighted by Crippen LogP contribution is -2.41. The first-order valence-corrected chi connectivity index (χ1v) is 12.8. The number of anilines is 1. The van der Waals surface area contributed by atoms with Crippen molar-refractivity contribution in [3.05, 3.63) is 71.6 Å². The quantitative estimate of drug-likeness (QED) is 0.438. The van der Waals surface area contributed by atoms with Crippen molar-refractivity contribution in [2.75, 3.05) is 18.4 Å². The number of amides is 2. The average Bonchev–Trinajstić information content (AvgIpc) is 3.53. The van der Waals surface area contributed by atoms with E-state index in [-0.39, 0.29) is 36.5 Å². The third-order valence-electron chi connectivity index (χ3n) is 7.41. The number of benzene rings is 2. The Labute approximate surface area is 222 Å². The van der Waals surface area contributed by atoms with Crippen LogP contribution in [0.1, 0.15) is 53.4 Å². The molecule has 39 heavy (non-hydrogen) atoms. The summed E-state index contributed by atoms with van der Waals surface area (Å²) < 4.78 is 45.7. The van der Waals surface area contributed by atoms with Crippen LogP contribution in [0.25, 0.3) is 11.5 Å². The van der Waals surface area contributed by atoms with E-state index in [1.807, 2.05) is 12.1 Å². The van der Waals surface area contributed by atoms with Crippen LogP contribution >= 0.6 is 0 Å². The van der Waals surface area contributed by atoms with Crippen molar-refractivity contribution in [2.24, 2.45) is 5.92 Å². The molecule has 1 aliphatic carbocycles. The number of aromatic nitrogens is 1. The SMILES string of the molecule is O=C(Nc1ccc(C2CCN(C(=O)[C@@H]3C[C@@H](O)[C@@H](O)C3)CC2)cc1)c1nc(-c2ccccc2)oc1C(F)(F)F. The molecule has 2 fully saturated rings. The maximum absolute atomic E-state index is 13.6. The second-order valence-electron chi connectivity index (χ2n) is 10.0. The van der Waals surface area contributed by atoms with E-state index in [9.17, 15) is 33.0 Å². The van der Waals surface area contributed by atoms with E-state index >= 15 is 0 Å². The van der Waals surface area contributed by atoms with Crippen molar-refractivity contribution >= 4 is 17.5 Å². The van der Waals surface area contributed by atoms with Gasteiger partial charge in [0.1, 0.15) is 0 Å². The maximum Gasteiger partial charge on any atom is 0.452 e. The van der Waals surface area contributed by atoms with E-state index in [2.05, 4.69) is 10.3 Å². The summed E-state index contributed by atoms with van der Waals surface area (Å²) in [5.74, 6) is -3.01. The molecule has 8 nitrogen and oxygen atoms in total. The molecule has 11 heteroatoms. The van der Waals surface area contributed by atoms with Gasteiger partial charge >= 0.3 is 6.18 Å². The number of aliphatic hydroxyl groups is 2. The fraction of sp³-hybridized carbons (Fsp3) is 0.393. The minimum absolute atomic E-state index is 0.0383. The fourth-order valence-electron chi connectivity index (χ4n) is 5.29. The van der Waals surface area contributed by atoms with Crippen molar-refractivity contribution in [1.29, 1.82) is 0 Å². The predicted octanol–water partition coefficient (Wildman–Crippen LogP) is 4.45. The molecule has 206 valence electrons. The fourth-order valence-corrected chi connectivity index (χ4v) is 5.29. The number of alkyl halides is 3. The summed E-state index contributed by atoms with van der Waals surface area (Å²) in [7, 11) is 0. The molecular formula is C28H28F3N3O5. The standard InChI is InChI=1S/C28H28F3N3O5/c29-28(30,31)24-23(33-26(39-24)18-4-2-1-3-5-18)25(37)32-20-8-6-16(7-9-20)17-10-12-34(13-11-17)27(38)19-14-21(35)22(36)15-19/h1-9,17,19,21-22,35-36H,10-15H2,(H,32,37)/t19-,21-,22+. The molecule has 1 aromatic heterocycles. The molecule has 0 spiro atoms. The van der Waals surface area contributed by atoms with Gasteiger partial charge in [0.15, 0.2) is 5.69 Å². The molecule has 0 unspecified atom stereocenters. The van der Waals surface area contributed by atoms with Crippen LogP contribution in [-0.4, -0.2) is 57.2 Å². The highest BCUT2D eigenvalue weighted by Crippen LogP contribution is 2.36. The van der Waals surface area contributed by atoms with Crippen molar-refractivity contribution in [3.63, 3.8) is 0 Å². The lowest BCUT2D eigenvalue weighted by Gasteiger charge is -2.34. The van der Waals surface area contributed by atoms with E-state index in [0.29, 0.717) is 24.3 Å². The van der Waals surface area contributed by atoms with Crippen molar-refractivity contribution in [2.45, 2.75) is 50.0 Å². The highest BCUT2D eigenvalue weighted by molar-refractivity contribution is 6.04. The van der Waals surface area contributed by atoms with Crippen LogP contribution in [0.15, 0.2) is 59.0 Å². The highest BCUT2D eigenvalue weighted by Gasteiger charge is 2.42. The Morgan fingerprint density at radius 3 is 2.15 bits per heavy atom. The van der Waals surface area contributed by atoms with Gasteiger partial charge in [-0.25, -0.2) is 4.98 Å². The van der Waals surface area contributed by atoms with Gasteiger partial charge < -0.3 is 24.8 Å². The molecule has 2 aliphatic rings. The number of oxazole rings is 1. The zero-order chi connectivity index (χ0) is 27.7. The molecule has 3 aromatic rings. The van der Waals surface area contributed by atoms with E-state index < -0.39 is 35.7 Å². The third-order valence-corrected chi connectivity index (χ3v) is 7.41.